The molecule has 1 aliphatic rings. The molecule has 6 nitrogen and oxygen atoms in total. The minimum Gasteiger partial charge on any atom is -0.480 e. The van der Waals surface area contributed by atoms with E-state index in [2.05, 4.69) is 17.2 Å². The Morgan fingerprint density at radius 3 is 2.81 bits per heavy atom. The molecule has 0 spiro atoms. The van der Waals surface area contributed by atoms with Crippen molar-refractivity contribution in [2.75, 3.05) is 0 Å². The zero-order valence-corrected chi connectivity index (χ0v) is 8.73. The van der Waals surface area contributed by atoms with Gasteiger partial charge in [-0.3, -0.25) is 9.59 Å². The lowest BCUT2D eigenvalue weighted by Crippen LogP contribution is -2.48. The van der Waals surface area contributed by atoms with Gasteiger partial charge in [-0.05, 0) is 12.8 Å². The summed E-state index contributed by atoms with van der Waals surface area (Å²) in [6.45, 7) is 3.42. The number of carbonyl (C=O) groups is 3. The highest BCUT2D eigenvalue weighted by molar-refractivity contribution is 5.92. The van der Waals surface area contributed by atoms with Gasteiger partial charge in [-0.2, -0.15) is 0 Å². The van der Waals surface area contributed by atoms with Gasteiger partial charge in [-0.25, -0.2) is 4.79 Å². The number of rotatable bonds is 5. The molecule has 0 saturated carbocycles. The van der Waals surface area contributed by atoms with Crippen LogP contribution in [0.15, 0.2) is 12.7 Å². The molecule has 0 aromatic rings. The average Bonchev–Trinajstić information content (AvgIpc) is 2.64. The van der Waals surface area contributed by atoms with Crippen LogP contribution in [0.3, 0.4) is 0 Å². The molecule has 16 heavy (non-hydrogen) atoms. The van der Waals surface area contributed by atoms with Gasteiger partial charge in [0.05, 0.1) is 0 Å². The van der Waals surface area contributed by atoms with Crippen molar-refractivity contribution in [1.82, 2.24) is 10.6 Å². The summed E-state index contributed by atoms with van der Waals surface area (Å²) in [5.41, 5.74) is 0. The predicted octanol–water partition coefficient (Wildman–Crippen LogP) is -0.589. The number of carboxylic acids is 1. The van der Waals surface area contributed by atoms with Gasteiger partial charge in [0.2, 0.25) is 11.8 Å². The van der Waals surface area contributed by atoms with Gasteiger partial charge in [0.15, 0.2) is 0 Å². The molecule has 1 fully saturated rings. The van der Waals surface area contributed by atoms with Crippen LogP contribution >= 0.6 is 0 Å². The van der Waals surface area contributed by atoms with Gasteiger partial charge >= 0.3 is 5.97 Å². The van der Waals surface area contributed by atoms with E-state index in [0.29, 0.717) is 12.8 Å². The van der Waals surface area contributed by atoms with Crippen molar-refractivity contribution in [3.05, 3.63) is 12.7 Å². The summed E-state index contributed by atoms with van der Waals surface area (Å²) in [5.74, 6) is -1.76. The molecule has 2 amide bonds. The molecule has 1 saturated heterocycles. The highest BCUT2D eigenvalue weighted by atomic mass is 16.4. The van der Waals surface area contributed by atoms with E-state index in [-0.39, 0.29) is 12.3 Å². The normalized spacial score (nSPS) is 21.0. The lowest BCUT2D eigenvalue weighted by molar-refractivity contribution is -0.142. The van der Waals surface area contributed by atoms with Crippen LogP contribution in [-0.4, -0.2) is 35.0 Å². The fourth-order valence-electron chi connectivity index (χ4n) is 1.47. The Labute approximate surface area is 92.7 Å². The van der Waals surface area contributed by atoms with Crippen LogP contribution in [-0.2, 0) is 14.4 Å². The van der Waals surface area contributed by atoms with Crippen molar-refractivity contribution >= 4 is 17.8 Å². The monoisotopic (exact) mass is 226 g/mol. The van der Waals surface area contributed by atoms with E-state index in [9.17, 15) is 14.4 Å². The molecular weight excluding hydrogens is 212 g/mol. The summed E-state index contributed by atoms with van der Waals surface area (Å²) in [7, 11) is 0. The zero-order valence-electron chi connectivity index (χ0n) is 8.73. The molecule has 0 aromatic carbocycles. The Bertz CT molecular complexity index is 327. The highest BCUT2D eigenvalue weighted by Crippen LogP contribution is 2.07. The molecule has 0 aliphatic carbocycles. The highest BCUT2D eigenvalue weighted by Gasteiger charge is 2.29. The quantitative estimate of drug-likeness (QED) is 0.546. The second-order valence-electron chi connectivity index (χ2n) is 3.58. The van der Waals surface area contributed by atoms with Crippen molar-refractivity contribution in [3.8, 4) is 0 Å². The van der Waals surface area contributed by atoms with E-state index in [1.165, 1.54) is 6.08 Å². The van der Waals surface area contributed by atoms with Crippen molar-refractivity contribution in [2.45, 2.75) is 31.3 Å². The first-order valence-electron chi connectivity index (χ1n) is 4.98. The zero-order chi connectivity index (χ0) is 12.1. The third kappa shape index (κ3) is 3.08. The molecule has 1 heterocycles. The minimum absolute atomic E-state index is 0.155. The smallest absolute Gasteiger partial charge is 0.326 e. The van der Waals surface area contributed by atoms with Crippen molar-refractivity contribution in [2.24, 2.45) is 0 Å². The summed E-state index contributed by atoms with van der Waals surface area (Å²) in [5, 5.41) is 13.6. The second-order valence-corrected chi connectivity index (χ2v) is 3.58. The maximum absolute atomic E-state index is 11.6. The predicted molar refractivity (Wildman–Crippen MR) is 55.5 cm³/mol. The second kappa shape index (κ2) is 5.29. The van der Waals surface area contributed by atoms with Crippen molar-refractivity contribution in [1.29, 1.82) is 0 Å². The standard InChI is InChI=1S/C10H14N2O4/c1-2-3-7(10(15)16)12-9(14)6-4-5-8(13)11-6/h2,6-7H,1,3-5H2,(H,11,13)(H,12,14)(H,15,16)/t6-,7+/m0/s1. The maximum atomic E-state index is 11.6. The third-order valence-corrected chi connectivity index (χ3v) is 2.33. The van der Waals surface area contributed by atoms with Crippen LogP contribution in [0.4, 0.5) is 0 Å². The van der Waals surface area contributed by atoms with E-state index < -0.39 is 24.0 Å². The van der Waals surface area contributed by atoms with Crippen molar-refractivity contribution < 1.29 is 19.5 Å². The van der Waals surface area contributed by atoms with Crippen LogP contribution in [0.25, 0.3) is 0 Å². The van der Waals surface area contributed by atoms with Gasteiger partial charge < -0.3 is 15.7 Å². The van der Waals surface area contributed by atoms with E-state index >= 15 is 0 Å². The molecule has 6 heteroatoms. The number of amides is 2. The maximum Gasteiger partial charge on any atom is 0.326 e. The van der Waals surface area contributed by atoms with Crippen LogP contribution in [0, 0.1) is 0 Å². The fourth-order valence-corrected chi connectivity index (χ4v) is 1.47. The Morgan fingerprint density at radius 2 is 2.38 bits per heavy atom. The number of carbonyl (C=O) groups excluding carboxylic acids is 2. The lowest BCUT2D eigenvalue weighted by Gasteiger charge is -2.15. The summed E-state index contributed by atoms with van der Waals surface area (Å²) in [4.78, 5) is 33.2. The molecular formula is C10H14N2O4. The van der Waals surface area contributed by atoms with Gasteiger partial charge in [0.1, 0.15) is 12.1 Å². The first-order chi connectivity index (χ1) is 7.54. The average molecular weight is 226 g/mol. The largest absolute Gasteiger partial charge is 0.480 e. The third-order valence-electron chi connectivity index (χ3n) is 2.33. The van der Waals surface area contributed by atoms with Crippen LogP contribution in [0.2, 0.25) is 0 Å². The van der Waals surface area contributed by atoms with E-state index in [4.69, 9.17) is 5.11 Å². The number of nitrogens with one attached hydrogen (secondary N) is 2. The summed E-state index contributed by atoms with van der Waals surface area (Å²) in [6.07, 6.45) is 2.29. The Hall–Kier alpha value is -1.85. The minimum atomic E-state index is -1.11. The Balaban J connectivity index is 2.51. The van der Waals surface area contributed by atoms with Crippen LogP contribution in [0.1, 0.15) is 19.3 Å². The van der Waals surface area contributed by atoms with E-state index in [1.807, 2.05) is 0 Å². The van der Waals surface area contributed by atoms with Gasteiger partial charge in [0, 0.05) is 6.42 Å². The Kier molecular flexibility index (Phi) is 4.04. The molecule has 1 aliphatic heterocycles. The van der Waals surface area contributed by atoms with E-state index in [0.717, 1.165) is 0 Å². The SMILES string of the molecule is C=CC[C@@H](NC(=O)[C@@H]1CCC(=O)N1)C(=O)O. The summed E-state index contributed by atoms with van der Waals surface area (Å²) in [6, 6.07) is -1.60. The van der Waals surface area contributed by atoms with Gasteiger partial charge in [0.25, 0.3) is 0 Å². The van der Waals surface area contributed by atoms with Crippen molar-refractivity contribution in [3.63, 3.8) is 0 Å². The van der Waals surface area contributed by atoms with Crippen LogP contribution < -0.4 is 10.6 Å². The lowest BCUT2D eigenvalue weighted by atomic mass is 10.1. The fraction of sp³-hybridized carbons (Fsp3) is 0.500. The van der Waals surface area contributed by atoms with Gasteiger partial charge in [-0.15, -0.1) is 6.58 Å². The van der Waals surface area contributed by atoms with Gasteiger partial charge in [-0.1, -0.05) is 6.08 Å². The van der Waals surface area contributed by atoms with Crippen LogP contribution in [0.5, 0.6) is 0 Å². The molecule has 0 unspecified atom stereocenters. The number of aliphatic carboxylic acids is 1. The first-order valence-corrected chi connectivity index (χ1v) is 4.98. The first kappa shape index (κ1) is 12.2. The molecule has 0 radical (unpaired) electrons. The molecule has 1 rings (SSSR count). The summed E-state index contributed by atoms with van der Waals surface area (Å²) < 4.78 is 0. The molecule has 3 N–H and O–H groups in total. The Morgan fingerprint density at radius 1 is 1.69 bits per heavy atom. The van der Waals surface area contributed by atoms with E-state index in [1.54, 1.807) is 0 Å². The number of hydrogen-bond donors (Lipinski definition) is 3. The topological polar surface area (TPSA) is 95.5 Å². The molecule has 88 valence electrons. The molecule has 0 aromatic heterocycles. The number of hydrogen-bond acceptors (Lipinski definition) is 3. The molecule has 2 atom stereocenters. The molecule has 0 bridgehead atoms. The number of carboxylic acid groups (broad SMARTS) is 1. The summed E-state index contributed by atoms with van der Waals surface area (Å²) >= 11 is 0.